The van der Waals surface area contributed by atoms with Crippen molar-refractivity contribution in [2.75, 3.05) is 7.05 Å². The van der Waals surface area contributed by atoms with Crippen molar-refractivity contribution in [2.24, 2.45) is 0 Å². The van der Waals surface area contributed by atoms with E-state index in [1.54, 1.807) is 18.2 Å². The summed E-state index contributed by atoms with van der Waals surface area (Å²) in [4.78, 5) is 11.5. The van der Waals surface area contributed by atoms with Crippen LogP contribution in [0.2, 0.25) is 5.02 Å². The van der Waals surface area contributed by atoms with Gasteiger partial charge in [0.15, 0.2) is 0 Å². The number of carbonyl (C=O) groups excluding carboxylic acids is 1. The van der Waals surface area contributed by atoms with Gasteiger partial charge in [0.25, 0.3) is 5.91 Å². The van der Waals surface area contributed by atoms with E-state index in [0.29, 0.717) is 5.02 Å². The summed E-state index contributed by atoms with van der Waals surface area (Å²) < 4.78 is 1.87. The lowest BCUT2D eigenvalue weighted by Crippen LogP contribution is -2.19. The van der Waals surface area contributed by atoms with Gasteiger partial charge in [-0.25, -0.2) is 0 Å². The van der Waals surface area contributed by atoms with Crippen LogP contribution in [-0.4, -0.2) is 17.5 Å². The Kier molecular flexibility index (Phi) is 4.24. The number of rotatable bonds is 3. The smallest absolute Gasteiger partial charge is 0.261 e. The molecule has 0 atom stereocenters. The van der Waals surface area contributed by atoms with Crippen LogP contribution in [0.4, 0.5) is 0 Å². The normalized spacial score (nSPS) is 10.9. The van der Waals surface area contributed by atoms with Crippen LogP contribution >= 0.6 is 11.6 Å². The van der Waals surface area contributed by atoms with E-state index in [4.69, 9.17) is 16.9 Å². The molecule has 0 bridgehead atoms. The molecule has 2 aromatic rings. The summed E-state index contributed by atoms with van der Waals surface area (Å²) in [6.45, 7) is 0. The molecule has 20 heavy (non-hydrogen) atoms. The first kappa shape index (κ1) is 13.9. The number of hydrogen-bond donors (Lipinski definition) is 1. The summed E-state index contributed by atoms with van der Waals surface area (Å²) in [5.74, 6) is -0.406. The third-order valence-corrected chi connectivity index (χ3v) is 3.02. The van der Waals surface area contributed by atoms with E-state index < -0.39 is 5.91 Å². The van der Waals surface area contributed by atoms with Gasteiger partial charge >= 0.3 is 0 Å². The third-order valence-electron chi connectivity index (χ3n) is 2.77. The first-order valence-corrected chi connectivity index (χ1v) is 6.30. The lowest BCUT2D eigenvalue weighted by Gasteiger charge is -2.07. The molecule has 0 saturated carbocycles. The molecule has 0 saturated heterocycles. The number of nitriles is 1. The molecular formula is C15H12ClN3O. The minimum atomic E-state index is -0.406. The van der Waals surface area contributed by atoms with Gasteiger partial charge in [-0.05, 0) is 42.5 Å². The van der Waals surface area contributed by atoms with Crippen LogP contribution in [0, 0.1) is 11.3 Å². The highest BCUT2D eigenvalue weighted by atomic mass is 35.5. The zero-order valence-electron chi connectivity index (χ0n) is 10.8. The summed E-state index contributed by atoms with van der Waals surface area (Å²) in [7, 11) is 1.49. The minimum absolute atomic E-state index is 0.0569. The van der Waals surface area contributed by atoms with Crippen LogP contribution in [0.5, 0.6) is 0 Å². The second-order valence-corrected chi connectivity index (χ2v) is 4.46. The minimum Gasteiger partial charge on any atom is -0.354 e. The van der Waals surface area contributed by atoms with Crippen LogP contribution in [0.25, 0.3) is 11.8 Å². The maximum Gasteiger partial charge on any atom is 0.261 e. The molecule has 1 N–H and O–H groups in total. The average Bonchev–Trinajstić information content (AvgIpc) is 2.93. The number of amides is 1. The molecule has 0 aliphatic rings. The second kappa shape index (κ2) is 6.09. The van der Waals surface area contributed by atoms with Gasteiger partial charge in [0.05, 0.1) is 0 Å². The van der Waals surface area contributed by atoms with Gasteiger partial charge < -0.3 is 9.88 Å². The van der Waals surface area contributed by atoms with Gasteiger partial charge in [0.1, 0.15) is 11.6 Å². The van der Waals surface area contributed by atoms with Crippen LogP contribution in [0.15, 0.2) is 48.2 Å². The highest BCUT2D eigenvalue weighted by molar-refractivity contribution is 6.30. The Bertz CT molecular complexity index is 693. The quantitative estimate of drug-likeness (QED) is 0.696. The number of benzene rings is 1. The van der Waals surface area contributed by atoms with E-state index in [-0.39, 0.29) is 5.57 Å². The predicted molar refractivity (Wildman–Crippen MR) is 78.4 cm³/mol. The first-order valence-electron chi connectivity index (χ1n) is 5.93. The summed E-state index contributed by atoms with van der Waals surface area (Å²) in [6, 6.07) is 12.9. The van der Waals surface area contributed by atoms with Crippen molar-refractivity contribution < 1.29 is 4.79 Å². The van der Waals surface area contributed by atoms with Gasteiger partial charge in [0, 0.05) is 29.6 Å². The van der Waals surface area contributed by atoms with Gasteiger partial charge in [-0.2, -0.15) is 5.26 Å². The number of likely N-dealkylation sites (N-methyl/N-ethyl adjacent to an activating group) is 1. The van der Waals surface area contributed by atoms with Crippen molar-refractivity contribution in [3.05, 3.63) is 58.9 Å². The standard InChI is InChI=1S/C15H12ClN3O/c1-18-15(20)11(10-17)9-14-3-2-8-19(14)13-6-4-12(16)5-7-13/h2-9H,1H3,(H,18,20)/b11-9-. The van der Waals surface area contributed by atoms with Gasteiger partial charge in [-0.3, -0.25) is 4.79 Å². The van der Waals surface area contributed by atoms with Crippen molar-refractivity contribution in [1.82, 2.24) is 9.88 Å². The molecule has 0 fully saturated rings. The molecule has 1 aromatic carbocycles. The number of nitrogens with zero attached hydrogens (tertiary/aromatic N) is 2. The molecule has 4 nitrogen and oxygen atoms in total. The molecule has 1 aromatic heterocycles. The molecule has 0 spiro atoms. The van der Waals surface area contributed by atoms with E-state index in [9.17, 15) is 4.79 Å². The Morgan fingerprint density at radius 3 is 2.65 bits per heavy atom. The maximum absolute atomic E-state index is 11.5. The molecule has 5 heteroatoms. The van der Waals surface area contributed by atoms with Crippen LogP contribution in [0.3, 0.4) is 0 Å². The topological polar surface area (TPSA) is 57.8 Å². The monoisotopic (exact) mass is 285 g/mol. The molecule has 0 aliphatic carbocycles. The van der Waals surface area contributed by atoms with Crippen molar-refractivity contribution in [3.8, 4) is 11.8 Å². The number of halogens is 1. The van der Waals surface area contributed by atoms with Crippen LogP contribution < -0.4 is 5.32 Å². The first-order chi connectivity index (χ1) is 9.65. The molecule has 1 amide bonds. The molecular weight excluding hydrogens is 274 g/mol. The zero-order chi connectivity index (χ0) is 14.5. The fourth-order valence-electron chi connectivity index (χ4n) is 1.78. The van der Waals surface area contributed by atoms with E-state index in [0.717, 1.165) is 11.4 Å². The Hall–Kier alpha value is -2.51. The van der Waals surface area contributed by atoms with E-state index >= 15 is 0 Å². The van der Waals surface area contributed by atoms with Crippen molar-refractivity contribution in [2.45, 2.75) is 0 Å². The Morgan fingerprint density at radius 2 is 2.05 bits per heavy atom. The van der Waals surface area contributed by atoms with Gasteiger partial charge in [-0.15, -0.1) is 0 Å². The molecule has 0 aliphatic heterocycles. The number of hydrogen-bond acceptors (Lipinski definition) is 2. The van der Waals surface area contributed by atoms with Crippen LogP contribution in [0.1, 0.15) is 5.69 Å². The van der Waals surface area contributed by atoms with E-state index in [2.05, 4.69) is 5.32 Å². The second-order valence-electron chi connectivity index (χ2n) is 4.03. The lowest BCUT2D eigenvalue weighted by molar-refractivity contribution is -0.116. The zero-order valence-corrected chi connectivity index (χ0v) is 11.6. The molecule has 100 valence electrons. The van der Waals surface area contributed by atoms with Crippen molar-refractivity contribution >= 4 is 23.6 Å². The Morgan fingerprint density at radius 1 is 1.35 bits per heavy atom. The fourth-order valence-corrected chi connectivity index (χ4v) is 1.91. The summed E-state index contributed by atoms with van der Waals surface area (Å²) in [5, 5.41) is 12.1. The van der Waals surface area contributed by atoms with Gasteiger partial charge in [0.2, 0.25) is 0 Å². The summed E-state index contributed by atoms with van der Waals surface area (Å²) in [6.07, 6.45) is 3.40. The Balaban J connectivity index is 2.43. The maximum atomic E-state index is 11.5. The van der Waals surface area contributed by atoms with Crippen LogP contribution in [-0.2, 0) is 4.79 Å². The van der Waals surface area contributed by atoms with E-state index in [1.807, 2.05) is 41.1 Å². The molecule has 0 unspecified atom stereocenters. The average molecular weight is 286 g/mol. The largest absolute Gasteiger partial charge is 0.354 e. The predicted octanol–water partition coefficient (Wildman–Crippen LogP) is 2.78. The number of aromatic nitrogens is 1. The molecule has 1 heterocycles. The third kappa shape index (κ3) is 2.90. The molecule has 2 rings (SSSR count). The fraction of sp³-hybridized carbons (Fsp3) is 0.0667. The highest BCUT2D eigenvalue weighted by Gasteiger charge is 2.08. The Labute approximate surface area is 121 Å². The SMILES string of the molecule is CNC(=O)/C(C#N)=C\c1cccn1-c1ccc(Cl)cc1. The summed E-state index contributed by atoms with van der Waals surface area (Å²) in [5.41, 5.74) is 1.70. The number of nitrogens with one attached hydrogen (secondary N) is 1. The lowest BCUT2D eigenvalue weighted by atomic mass is 10.2. The summed E-state index contributed by atoms with van der Waals surface area (Å²) >= 11 is 5.86. The van der Waals surface area contributed by atoms with Crippen molar-refractivity contribution in [1.29, 1.82) is 5.26 Å². The number of carbonyl (C=O) groups is 1. The van der Waals surface area contributed by atoms with Crippen molar-refractivity contribution in [3.63, 3.8) is 0 Å². The van der Waals surface area contributed by atoms with E-state index in [1.165, 1.54) is 7.05 Å². The highest BCUT2D eigenvalue weighted by Crippen LogP contribution is 2.18. The molecule has 0 radical (unpaired) electrons. The van der Waals surface area contributed by atoms with Gasteiger partial charge in [-0.1, -0.05) is 11.6 Å².